The number of likely N-dealkylation sites (tertiary alicyclic amines) is 1. The number of benzene rings is 1. The molecule has 1 N–H and O–H groups in total. The van der Waals surface area contributed by atoms with E-state index in [9.17, 15) is 4.79 Å². The van der Waals surface area contributed by atoms with Crippen LogP contribution in [0.3, 0.4) is 0 Å². The number of thioether (sulfide) groups is 1. The average Bonchev–Trinajstić information content (AvgIpc) is 2.68. The fourth-order valence-corrected chi connectivity index (χ4v) is 3.80. The molecule has 1 aromatic carbocycles. The topological polar surface area (TPSA) is 53.9 Å². The van der Waals surface area contributed by atoms with Crippen LogP contribution in [0.25, 0.3) is 0 Å². The third-order valence-corrected chi connectivity index (χ3v) is 5.56. The third-order valence-electron chi connectivity index (χ3n) is 4.55. The molecule has 1 heterocycles. The predicted octanol–water partition coefficient (Wildman–Crippen LogP) is 3.08. The van der Waals surface area contributed by atoms with Gasteiger partial charge >= 0.3 is 5.97 Å². The van der Waals surface area contributed by atoms with Gasteiger partial charge in [-0.3, -0.25) is 9.79 Å². The first kappa shape index (κ1) is 20.6. The number of guanidine groups is 1. The molecule has 0 aliphatic carbocycles. The summed E-state index contributed by atoms with van der Waals surface area (Å²) in [5, 5.41) is 3.38. The molecule has 6 heteroatoms. The number of hydrogen-bond acceptors (Lipinski definition) is 4. The summed E-state index contributed by atoms with van der Waals surface area (Å²) in [4.78, 5) is 18.7. The summed E-state index contributed by atoms with van der Waals surface area (Å²) in [6, 6.07) is 8.72. The molecule has 0 unspecified atom stereocenters. The van der Waals surface area contributed by atoms with Crippen molar-refractivity contribution in [2.75, 3.05) is 39.0 Å². The predicted molar refractivity (Wildman–Crippen MR) is 110 cm³/mol. The van der Waals surface area contributed by atoms with Crippen LogP contribution in [0, 0.1) is 12.8 Å². The number of nitrogens with zero attached hydrogens (tertiary/aromatic N) is 2. The Morgan fingerprint density at radius 1 is 1.31 bits per heavy atom. The van der Waals surface area contributed by atoms with Crippen molar-refractivity contribution in [1.82, 2.24) is 10.2 Å². The summed E-state index contributed by atoms with van der Waals surface area (Å²) in [6.45, 7) is 7.55. The molecule has 1 saturated heterocycles. The molecule has 0 saturated carbocycles. The number of ether oxygens (including phenoxy) is 1. The number of carbonyl (C=O) groups excluding carboxylic acids is 1. The van der Waals surface area contributed by atoms with Gasteiger partial charge in [-0.05, 0) is 32.3 Å². The van der Waals surface area contributed by atoms with Crippen LogP contribution >= 0.6 is 11.8 Å². The SMILES string of the molecule is CCNC(=NCCSCc1ccc(C)cc1)N1CCC(C(=O)OC)CC1. The molecule has 1 aliphatic rings. The lowest BCUT2D eigenvalue weighted by Crippen LogP contribution is -2.46. The molecule has 5 nitrogen and oxygen atoms in total. The van der Waals surface area contributed by atoms with Crippen LogP contribution in [0.4, 0.5) is 0 Å². The Kier molecular flexibility index (Phi) is 8.81. The van der Waals surface area contributed by atoms with E-state index in [1.807, 2.05) is 11.8 Å². The summed E-state index contributed by atoms with van der Waals surface area (Å²) in [6.07, 6.45) is 1.67. The van der Waals surface area contributed by atoms with Gasteiger partial charge in [0.05, 0.1) is 19.6 Å². The van der Waals surface area contributed by atoms with Crippen LogP contribution in [-0.4, -0.2) is 55.9 Å². The van der Waals surface area contributed by atoms with E-state index in [-0.39, 0.29) is 11.9 Å². The average molecular weight is 378 g/mol. The largest absolute Gasteiger partial charge is 0.469 e. The van der Waals surface area contributed by atoms with Crippen molar-refractivity contribution >= 4 is 23.7 Å². The summed E-state index contributed by atoms with van der Waals surface area (Å²) in [5.74, 6) is 2.94. The van der Waals surface area contributed by atoms with Crippen molar-refractivity contribution in [2.24, 2.45) is 10.9 Å². The molecule has 1 aliphatic heterocycles. The number of rotatable bonds is 7. The second-order valence-electron chi connectivity index (χ2n) is 6.56. The lowest BCUT2D eigenvalue weighted by atomic mass is 9.97. The van der Waals surface area contributed by atoms with Gasteiger partial charge in [-0.1, -0.05) is 29.8 Å². The van der Waals surface area contributed by atoms with Gasteiger partial charge in [0.2, 0.25) is 0 Å². The van der Waals surface area contributed by atoms with Gasteiger partial charge in [0.15, 0.2) is 5.96 Å². The zero-order valence-electron chi connectivity index (χ0n) is 16.2. The van der Waals surface area contributed by atoms with Crippen LogP contribution < -0.4 is 5.32 Å². The molecular formula is C20H31N3O2S. The Labute approximate surface area is 161 Å². The Bertz CT molecular complexity index is 581. The molecule has 1 fully saturated rings. The minimum atomic E-state index is -0.0842. The Morgan fingerprint density at radius 3 is 2.62 bits per heavy atom. The van der Waals surface area contributed by atoms with E-state index in [0.717, 1.165) is 56.5 Å². The standard InChI is InChI=1S/C20H31N3O2S/c1-4-21-20(23-12-9-18(10-13-23)19(24)25-3)22-11-14-26-15-17-7-5-16(2)6-8-17/h5-8,18H,4,9-15H2,1-3H3,(H,21,22). The van der Waals surface area contributed by atoms with E-state index in [1.54, 1.807) is 0 Å². The van der Waals surface area contributed by atoms with Crippen LogP contribution in [0.2, 0.25) is 0 Å². The second-order valence-corrected chi connectivity index (χ2v) is 7.66. The van der Waals surface area contributed by atoms with Crippen molar-refractivity contribution in [3.05, 3.63) is 35.4 Å². The third kappa shape index (κ3) is 6.56. The number of aryl methyl sites for hydroxylation is 1. The van der Waals surface area contributed by atoms with Gasteiger partial charge in [-0.2, -0.15) is 11.8 Å². The van der Waals surface area contributed by atoms with Crippen molar-refractivity contribution in [3.63, 3.8) is 0 Å². The molecule has 0 aromatic heterocycles. The first-order valence-electron chi connectivity index (χ1n) is 9.38. The van der Waals surface area contributed by atoms with E-state index in [0.29, 0.717) is 0 Å². The van der Waals surface area contributed by atoms with E-state index in [2.05, 4.69) is 48.3 Å². The molecule has 0 spiro atoms. The Morgan fingerprint density at radius 2 is 2.00 bits per heavy atom. The highest BCUT2D eigenvalue weighted by Gasteiger charge is 2.26. The highest BCUT2D eigenvalue weighted by molar-refractivity contribution is 7.98. The number of piperidine rings is 1. The van der Waals surface area contributed by atoms with Crippen LogP contribution in [0.15, 0.2) is 29.3 Å². The van der Waals surface area contributed by atoms with Gasteiger partial charge in [0, 0.05) is 31.1 Å². The molecular weight excluding hydrogens is 346 g/mol. The smallest absolute Gasteiger partial charge is 0.308 e. The first-order chi connectivity index (χ1) is 12.6. The number of hydrogen-bond donors (Lipinski definition) is 1. The van der Waals surface area contributed by atoms with E-state index in [1.165, 1.54) is 18.2 Å². The molecule has 0 amide bonds. The molecule has 0 atom stereocenters. The first-order valence-corrected chi connectivity index (χ1v) is 10.5. The highest BCUT2D eigenvalue weighted by atomic mass is 32.2. The van der Waals surface area contributed by atoms with Crippen molar-refractivity contribution in [3.8, 4) is 0 Å². The number of carbonyl (C=O) groups is 1. The number of methoxy groups -OCH3 is 1. The summed E-state index contributed by atoms with van der Waals surface area (Å²) in [7, 11) is 1.47. The number of nitrogens with one attached hydrogen (secondary N) is 1. The van der Waals surface area contributed by atoms with E-state index < -0.39 is 0 Å². The van der Waals surface area contributed by atoms with Gasteiger partial charge in [-0.25, -0.2) is 0 Å². The number of esters is 1. The monoisotopic (exact) mass is 377 g/mol. The summed E-state index contributed by atoms with van der Waals surface area (Å²) >= 11 is 1.91. The Hall–Kier alpha value is -1.69. The zero-order valence-corrected chi connectivity index (χ0v) is 17.0. The summed E-state index contributed by atoms with van der Waals surface area (Å²) in [5.41, 5.74) is 2.66. The van der Waals surface area contributed by atoms with Gasteiger partial charge in [0.1, 0.15) is 0 Å². The van der Waals surface area contributed by atoms with Crippen molar-refractivity contribution in [1.29, 1.82) is 0 Å². The molecule has 2 rings (SSSR count). The fourth-order valence-electron chi connectivity index (χ4n) is 3.01. The van der Waals surface area contributed by atoms with Crippen molar-refractivity contribution < 1.29 is 9.53 Å². The zero-order chi connectivity index (χ0) is 18.8. The van der Waals surface area contributed by atoms with Crippen LogP contribution in [-0.2, 0) is 15.3 Å². The summed E-state index contributed by atoms with van der Waals surface area (Å²) < 4.78 is 4.86. The molecule has 0 radical (unpaired) electrons. The second kappa shape index (κ2) is 11.1. The Balaban J connectivity index is 1.75. The van der Waals surface area contributed by atoms with Gasteiger partial charge in [0.25, 0.3) is 0 Å². The van der Waals surface area contributed by atoms with E-state index in [4.69, 9.17) is 9.73 Å². The van der Waals surface area contributed by atoms with Gasteiger partial charge < -0.3 is 15.0 Å². The maximum atomic E-state index is 11.7. The minimum Gasteiger partial charge on any atom is -0.469 e. The van der Waals surface area contributed by atoms with E-state index >= 15 is 0 Å². The molecule has 144 valence electrons. The highest BCUT2D eigenvalue weighted by Crippen LogP contribution is 2.18. The quantitative estimate of drug-likeness (QED) is 0.342. The fraction of sp³-hybridized carbons (Fsp3) is 0.600. The lowest BCUT2D eigenvalue weighted by molar-refractivity contribution is -0.146. The van der Waals surface area contributed by atoms with Crippen LogP contribution in [0.5, 0.6) is 0 Å². The minimum absolute atomic E-state index is 0.0317. The molecule has 1 aromatic rings. The lowest BCUT2D eigenvalue weighted by Gasteiger charge is -2.33. The maximum Gasteiger partial charge on any atom is 0.308 e. The molecule has 26 heavy (non-hydrogen) atoms. The normalized spacial score (nSPS) is 15.8. The molecule has 0 bridgehead atoms. The van der Waals surface area contributed by atoms with Crippen molar-refractivity contribution in [2.45, 2.75) is 32.4 Å². The number of aliphatic imine (C=N–C) groups is 1. The van der Waals surface area contributed by atoms with Crippen LogP contribution in [0.1, 0.15) is 30.9 Å². The van der Waals surface area contributed by atoms with Gasteiger partial charge in [-0.15, -0.1) is 0 Å². The maximum absolute atomic E-state index is 11.7.